The molecular formula is C9H8F3N. The number of hydrogen-bond donors (Lipinski definition) is 1. The Morgan fingerprint density at radius 2 is 1.92 bits per heavy atom. The molecule has 0 heterocycles. The Morgan fingerprint density at radius 1 is 1.31 bits per heavy atom. The highest BCUT2D eigenvalue weighted by atomic mass is 19.4. The summed E-state index contributed by atoms with van der Waals surface area (Å²) in [7, 11) is 0. The van der Waals surface area contributed by atoms with Crippen LogP contribution in [0.3, 0.4) is 0 Å². The minimum absolute atomic E-state index is 0.0903. The maximum atomic E-state index is 12.0. The third-order valence-electron chi connectivity index (χ3n) is 1.59. The molecule has 0 fully saturated rings. The second kappa shape index (κ2) is 3.20. The topological polar surface area (TPSA) is 23.9 Å². The summed E-state index contributed by atoms with van der Waals surface area (Å²) < 4.78 is 36.1. The highest BCUT2D eigenvalue weighted by Gasteiger charge is 2.35. The lowest BCUT2D eigenvalue weighted by Gasteiger charge is -2.08. The van der Waals surface area contributed by atoms with Gasteiger partial charge in [-0.1, -0.05) is 23.8 Å². The lowest BCUT2D eigenvalue weighted by molar-refractivity contribution is -0.0587. The number of halogens is 3. The van der Waals surface area contributed by atoms with Crippen LogP contribution < -0.4 is 0 Å². The molecule has 0 bridgehead atoms. The molecule has 0 unspecified atom stereocenters. The Bertz CT molecular complexity index is 328. The molecule has 13 heavy (non-hydrogen) atoms. The average molecular weight is 187 g/mol. The van der Waals surface area contributed by atoms with Gasteiger partial charge in [0.2, 0.25) is 0 Å². The van der Waals surface area contributed by atoms with Crippen molar-refractivity contribution in [3.8, 4) is 0 Å². The number of benzene rings is 1. The molecule has 1 N–H and O–H groups in total. The molecule has 0 saturated heterocycles. The molecule has 0 aliphatic carbocycles. The lowest BCUT2D eigenvalue weighted by Crippen LogP contribution is -2.22. The molecule has 0 spiro atoms. The van der Waals surface area contributed by atoms with Crippen LogP contribution in [-0.2, 0) is 0 Å². The molecule has 70 valence electrons. The zero-order chi connectivity index (χ0) is 10.1. The van der Waals surface area contributed by atoms with Crippen molar-refractivity contribution in [2.24, 2.45) is 0 Å². The van der Waals surface area contributed by atoms with Gasteiger partial charge in [-0.25, -0.2) is 0 Å². The van der Waals surface area contributed by atoms with Crippen molar-refractivity contribution in [1.29, 1.82) is 5.41 Å². The van der Waals surface area contributed by atoms with Crippen LogP contribution >= 0.6 is 0 Å². The van der Waals surface area contributed by atoms with Gasteiger partial charge in [-0.3, -0.25) is 5.41 Å². The van der Waals surface area contributed by atoms with E-state index in [0.717, 1.165) is 0 Å². The zero-order valence-electron chi connectivity index (χ0n) is 6.94. The monoisotopic (exact) mass is 187 g/mol. The molecular weight excluding hydrogens is 179 g/mol. The van der Waals surface area contributed by atoms with Crippen LogP contribution in [0.25, 0.3) is 0 Å². The van der Waals surface area contributed by atoms with Gasteiger partial charge in [0.1, 0.15) is 5.71 Å². The van der Waals surface area contributed by atoms with E-state index >= 15 is 0 Å². The average Bonchev–Trinajstić information content (AvgIpc) is 2.01. The first-order valence-corrected chi connectivity index (χ1v) is 3.64. The van der Waals surface area contributed by atoms with E-state index in [4.69, 9.17) is 5.41 Å². The standard InChI is InChI=1S/C9H8F3N/c1-6-3-2-4-7(5-6)8(13)9(10,11)12/h2-5,13H,1H3. The van der Waals surface area contributed by atoms with Gasteiger partial charge in [0.25, 0.3) is 0 Å². The van der Waals surface area contributed by atoms with Crippen LogP contribution in [0.1, 0.15) is 11.1 Å². The van der Waals surface area contributed by atoms with Crippen molar-refractivity contribution < 1.29 is 13.2 Å². The number of rotatable bonds is 1. The third-order valence-corrected chi connectivity index (χ3v) is 1.59. The second-order valence-corrected chi connectivity index (χ2v) is 2.74. The fourth-order valence-corrected chi connectivity index (χ4v) is 0.964. The van der Waals surface area contributed by atoms with Gasteiger partial charge in [0, 0.05) is 5.56 Å². The highest BCUT2D eigenvalue weighted by molar-refractivity contribution is 6.02. The largest absolute Gasteiger partial charge is 0.433 e. The van der Waals surface area contributed by atoms with E-state index in [9.17, 15) is 13.2 Å². The summed E-state index contributed by atoms with van der Waals surface area (Å²) >= 11 is 0. The van der Waals surface area contributed by atoms with E-state index in [1.165, 1.54) is 18.2 Å². The Balaban J connectivity index is 3.03. The number of hydrogen-bond acceptors (Lipinski definition) is 1. The predicted molar refractivity (Wildman–Crippen MR) is 44.1 cm³/mol. The van der Waals surface area contributed by atoms with E-state index in [2.05, 4.69) is 0 Å². The summed E-state index contributed by atoms with van der Waals surface area (Å²) in [5, 5.41) is 6.85. The van der Waals surface area contributed by atoms with E-state index in [0.29, 0.717) is 5.56 Å². The van der Waals surface area contributed by atoms with Crippen molar-refractivity contribution in [3.63, 3.8) is 0 Å². The molecule has 4 heteroatoms. The number of nitrogens with one attached hydrogen (secondary N) is 1. The first-order valence-electron chi connectivity index (χ1n) is 3.64. The van der Waals surface area contributed by atoms with Gasteiger partial charge in [-0.2, -0.15) is 13.2 Å². The number of aryl methyl sites for hydroxylation is 1. The van der Waals surface area contributed by atoms with Crippen LogP contribution in [0.2, 0.25) is 0 Å². The minimum Gasteiger partial charge on any atom is -0.296 e. The van der Waals surface area contributed by atoms with E-state index in [-0.39, 0.29) is 5.56 Å². The fraction of sp³-hybridized carbons (Fsp3) is 0.222. The van der Waals surface area contributed by atoms with Gasteiger partial charge in [0.05, 0.1) is 0 Å². The van der Waals surface area contributed by atoms with Crippen molar-refractivity contribution in [3.05, 3.63) is 35.4 Å². The molecule has 0 aliphatic rings. The molecule has 1 aromatic carbocycles. The van der Waals surface area contributed by atoms with Crippen LogP contribution in [0.5, 0.6) is 0 Å². The summed E-state index contributed by atoms with van der Waals surface area (Å²) in [5.41, 5.74) is -0.671. The summed E-state index contributed by atoms with van der Waals surface area (Å²) in [4.78, 5) is 0. The van der Waals surface area contributed by atoms with E-state index < -0.39 is 11.9 Å². The predicted octanol–water partition coefficient (Wildman–Crippen LogP) is 2.93. The maximum Gasteiger partial charge on any atom is 0.433 e. The van der Waals surface area contributed by atoms with E-state index in [1.807, 2.05) is 0 Å². The first-order chi connectivity index (χ1) is 5.91. The molecule has 0 aromatic heterocycles. The molecule has 0 aliphatic heterocycles. The first kappa shape index (κ1) is 9.77. The zero-order valence-corrected chi connectivity index (χ0v) is 6.94. The van der Waals surface area contributed by atoms with Crippen LogP contribution in [0.4, 0.5) is 13.2 Å². The fourth-order valence-electron chi connectivity index (χ4n) is 0.964. The minimum atomic E-state index is -4.56. The van der Waals surface area contributed by atoms with E-state index in [1.54, 1.807) is 13.0 Å². The third kappa shape index (κ3) is 2.31. The molecule has 0 radical (unpaired) electrons. The van der Waals surface area contributed by atoms with Crippen LogP contribution in [0, 0.1) is 12.3 Å². The highest BCUT2D eigenvalue weighted by Crippen LogP contribution is 2.21. The van der Waals surface area contributed by atoms with Gasteiger partial charge in [-0.15, -0.1) is 0 Å². The van der Waals surface area contributed by atoms with Gasteiger partial charge in [-0.05, 0) is 13.0 Å². The Hall–Kier alpha value is -1.32. The summed E-state index contributed by atoms with van der Waals surface area (Å²) in [6.45, 7) is 1.69. The Labute approximate surface area is 73.7 Å². The molecule has 0 amide bonds. The SMILES string of the molecule is Cc1cccc(C(=N)C(F)(F)F)c1. The molecule has 1 rings (SSSR count). The van der Waals surface area contributed by atoms with Crippen LogP contribution in [-0.4, -0.2) is 11.9 Å². The summed E-state index contributed by atoms with van der Waals surface area (Å²) in [6, 6.07) is 5.82. The summed E-state index contributed by atoms with van der Waals surface area (Å²) in [6.07, 6.45) is -4.56. The Morgan fingerprint density at radius 3 is 2.38 bits per heavy atom. The molecule has 1 aromatic rings. The van der Waals surface area contributed by atoms with Gasteiger partial charge >= 0.3 is 6.18 Å². The van der Waals surface area contributed by atoms with Gasteiger partial charge in [0.15, 0.2) is 0 Å². The van der Waals surface area contributed by atoms with Crippen LogP contribution in [0.15, 0.2) is 24.3 Å². The Kier molecular flexibility index (Phi) is 2.40. The normalized spacial score (nSPS) is 11.4. The maximum absolute atomic E-state index is 12.0. The lowest BCUT2D eigenvalue weighted by atomic mass is 10.1. The molecule has 0 atom stereocenters. The van der Waals surface area contributed by atoms with Crippen molar-refractivity contribution in [2.45, 2.75) is 13.1 Å². The second-order valence-electron chi connectivity index (χ2n) is 2.74. The number of alkyl halides is 3. The quantitative estimate of drug-likeness (QED) is 0.653. The molecule has 1 nitrogen and oxygen atoms in total. The van der Waals surface area contributed by atoms with Crippen molar-refractivity contribution >= 4 is 5.71 Å². The smallest absolute Gasteiger partial charge is 0.296 e. The summed E-state index contributed by atoms with van der Waals surface area (Å²) in [5.74, 6) is 0. The van der Waals surface area contributed by atoms with Gasteiger partial charge < -0.3 is 0 Å². The van der Waals surface area contributed by atoms with Crippen molar-refractivity contribution in [1.82, 2.24) is 0 Å². The molecule has 0 saturated carbocycles. The van der Waals surface area contributed by atoms with Crippen molar-refractivity contribution in [2.75, 3.05) is 0 Å².